The Labute approximate surface area is 198 Å². The second kappa shape index (κ2) is 15.1. The molecular formula is C29H34N4. The Bertz CT molecular complexity index is 1040. The smallest absolute Gasteiger partial charge is 0.132 e. The molecule has 0 atom stereocenters. The van der Waals surface area contributed by atoms with Gasteiger partial charge in [-0.05, 0) is 25.0 Å². The molecule has 0 aliphatic heterocycles. The van der Waals surface area contributed by atoms with Crippen molar-refractivity contribution in [3.8, 4) is 0 Å². The van der Waals surface area contributed by atoms with Crippen LogP contribution in [-0.2, 0) is 6.54 Å². The first-order valence-electron chi connectivity index (χ1n) is 11.3. The fraction of sp³-hybridized carbons (Fsp3) is 0.207. The fourth-order valence-corrected chi connectivity index (χ4v) is 2.86. The highest BCUT2D eigenvalue weighted by Gasteiger charge is 2.02. The lowest BCUT2D eigenvalue weighted by Crippen LogP contribution is -2.16. The molecule has 0 amide bonds. The minimum atomic E-state index is 0.444. The number of amidine groups is 2. The van der Waals surface area contributed by atoms with Crippen LogP contribution in [-0.4, -0.2) is 17.9 Å². The third kappa shape index (κ3) is 10.4. The molecule has 0 aromatic heterocycles. The van der Waals surface area contributed by atoms with Crippen LogP contribution in [0.1, 0.15) is 42.9 Å². The van der Waals surface area contributed by atoms with Crippen molar-refractivity contribution >= 4 is 17.9 Å². The van der Waals surface area contributed by atoms with Crippen LogP contribution in [0.3, 0.4) is 0 Å². The third-order valence-corrected chi connectivity index (χ3v) is 4.67. The van der Waals surface area contributed by atoms with E-state index in [9.17, 15) is 0 Å². The monoisotopic (exact) mass is 438 g/mol. The van der Waals surface area contributed by atoms with E-state index in [1.54, 1.807) is 6.08 Å². The first kappa shape index (κ1) is 25.5. The minimum Gasteiger partial charge on any atom is -0.383 e. The number of rotatable bonds is 11. The zero-order valence-corrected chi connectivity index (χ0v) is 19.7. The van der Waals surface area contributed by atoms with Crippen molar-refractivity contribution in [3.63, 3.8) is 0 Å². The zero-order chi connectivity index (χ0) is 23.7. The molecule has 0 radical (unpaired) electrons. The molecule has 4 heteroatoms. The molecule has 2 N–H and O–H groups in total. The van der Waals surface area contributed by atoms with Crippen molar-refractivity contribution in [2.75, 3.05) is 0 Å². The van der Waals surface area contributed by atoms with Gasteiger partial charge in [-0.2, -0.15) is 0 Å². The molecule has 2 aromatic rings. The van der Waals surface area contributed by atoms with Crippen LogP contribution < -0.4 is 5.73 Å². The fourth-order valence-electron chi connectivity index (χ4n) is 2.86. The molecule has 170 valence electrons. The molecular weight excluding hydrogens is 404 g/mol. The maximum Gasteiger partial charge on any atom is 0.132 e. The maximum atomic E-state index is 6.25. The molecule has 2 rings (SSSR count). The SMILES string of the molecule is C=C/C=C(/C/C=C\C=C/CC)N=CCC(=NCc1ccc(C)cc1)N=C(N)c1ccccc1. The molecule has 0 heterocycles. The van der Waals surface area contributed by atoms with Crippen LogP contribution in [0.25, 0.3) is 0 Å². The number of benzene rings is 2. The van der Waals surface area contributed by atoms with Gasteiger partial charge in [0.25, 0.3) is 0 Å². The summed E-state index contributed by atoms with van der Waals surface area (Å²) < 4.78 is 0. The van der Waals surface area contributed by atoms with Gasteiger partial charge in [-0.3, -0.25) is 9.98 Å². The summed E-state index contributed by atoms with van der Waals surface area (Å²) in [7, 11) is 0. The van der Waals surface area contributed by atoms with E-state index in [0.29, 0.717) is 24.6 Å². The first-order valence-corrected chi connectivity index (χ1v) is 11.3. The zero-order valence-electron chi connectivity index (χ0n) is 19.7. The van der Waals surface area contributed by atoms with Crippen molar-refractivity contribution < 1.29 is 0 Å². The largest absolute Gasteiger partial charge is 0.383 e. The molecule has 0 aliphatic rings. The number of allylic oxidation sites excluding steroid dienone is 6. The summed E-state index contributed by atoms with van der Waals surface area (Å²) in [6.07, 6.45) is 16.0. The predicted octanol–water partition coefficient (Wildman–Crippen LogP) is 6.74. The van der Waals surface area contributed by atoms with Gasteiger partial charge in [0.1, 0.15) is 11.7 Å². The minimum absolute atomic E-state index is 0.444. The van der Waals surface area contributed by atoms with Crippen LogP contribution in [0.2, 0.25) is 0 Å². The normalized spacial score (nSPS) is 13.5. The summed E-state index contributed by atoms with van der Waals surface area (Å²) in [6.45, 7) is 8.52. The summed E-state index contributed by atoms with van der Waals surface area (Å²) >= 11 is 0. The topological polar surface area (TPSA) is 63.1 Å². The van der Waals surface area contributed by atoms with Gasteiger partial charge in [0.2, 0.25) is 0 Å². The molecule has 0 saturated carbocycles. The molecule has 2 aromatic carbocycles. The summed E-state index contributed by atoms with van der Waals surface area (Å²) in [6, 6.07) is 18.1. The van der Waals surface area contributed by atoms with Gasteiger partial charge >= 0.3 is 0 Å². The van der Waals surface area contributed by atoms with Crippen LogP contribution >= 0.6 is 0 Å². The van der Waals surface area contributed by atoms with Gasteiger partial charge in [0, 0.05) is 30.3 Å². The lowest BCUT2D eigenvalue weighted by atomic mass is 10.1. The van der Waals surface area contributed by atoms with Gasteiger partial charge in [0.15, 0.2) is 0 Å². The molecule has 0 fully saturated rings. The number of hydrogen-bond acceptors (Lipinski definition) is 2. The highest BCUT2D eigenvalue weighted by atomic mass is 15.0. The van der Waals surface area contributed by atoms with Crippen LogP contribution in [0.15, 0.2) is 118 Å². The number of hydrogen-bond donors (Lipinski definition) is 1. The average Bonchev–Trinajstić information content (AvgIpc) is 2.83. The Morgan fingerprint density at radius 2 is 1.70 bits per heavy atom. The summed E-state index contributed by atoms with van der Waals surface area (Å²) in [5.74, 6) is 1.08. The Kier molecular flexibility index (Phi) is 11.6. The Balaban J connectivity index is 2.17. The molecule has 33 heavy (non-hydrogen) atoms. The molecule has 0 saturated heterocycles. The van der Waals surface area contributed by atoms with E-state index in [1.165, 1.54) is 5.56 Å². The highest BCUT2D eigenvalue weighted by Crippen LogP contribution is 2.08. The Morgan fingerprint density at radius 3 is 2.39 bits per heavy atom. The Hall–Kier alpha value is -3.79. The van der Waals surface area contributed by atoms with Gasteiger partial charge in [0.05, 0.1) is 6.54 Å². The standard InChI is InChI=1S/C29H34N4/c1-4-6-7-8-12-16-27(13-5-2)31-22-21-28(32-23-25-19-17-24(3)18-20-25)33-29(30)26-14-10-9-11-15-26/h5-15,17-20,22H,2,4,16,21,23H2,1,3H3,(H2,30,32,33)/b7-6-,12-8-,27-13-,31-22?. The molecule has 0 unspecified atom stereocenters. The van der Waals surface area contributed by atoms with E-state index >= 15 is 0 Å². The number of aryl methyl sites for hydroxylation is 1. The summed E-state index contributed by atoms with van der Waals surface area (Å²) in [5, 5.41) is 0. The second-order valence-corrected chi connectivity index (χ2v) is 7.46. The summed E-state index contributed by atoms with van der Waals surface area (Å²) in [5.41, 5.74) is 10.4. The van der Waals surface area contributed by atoms with Gasteiger partial charge < -0.3 is 5.73 Å². The predicted molar refractivity (Wildman–Crippen MR) is 144 cm³/mol. The van der Waals surface area contributed by atoms with Crippen molar-refractivity contribution in [1.29, 1.82) is 0 Å². The quantitative estimate of drug-likeness (QED) is 0.236. The van der Waals surface area contributed by atoms with Crippen molar-refractivity contribution in [2.24, 2.45) is 20.7 Å². The van der Waals surface area contributed by atoms with E-state index in [0.717, 1.165) is 29.7 Å². The lowest BCUT2D eigenvalue weighted by molar-refractivity contribution is 1.05. The van der Waals surface area contributed by atoms with Crippen LogP contribution in [0.5, 0.6) is 0 Å². The first-order chi connectivity index (χ1) is 16.1. The molecule has 4 nitrogen and oxygen atoms in total. The average molecular weight is 439 g/mol. The van der Waals surface area contributed by atoms with E-state index in [4.69, 9.17) is 10.7 Å². The van der Waals surface area contributed by atoms with Crippen LogP contribution in [0.4, 0.5) is 0 Å². The van der Waals surface area contributed by atoms with Crippen LogP contribution in [0, 0.1) is 6.92 Å². The van der Waals surface area contributed by atoms with Gasteiger partial charge in [-0.1, -0.05) is 104 Å². The van der Waals surface area contributed by atoms with E-state index in [-0.39, 0.29) is 0 Å². The molecule has 0 bridgehead atoms. The third-order valence-electron chi connectivity index (χ3n) is 4.67. The van der Waals surface area contributed by atoms with Crippen molar-refractivity contribution in [2.45, 2.75) is 39.7 Å². The Morgan fingerprint density at radius 1 is 0.970 bits per heavy atom. The number of nitrogens with zero attached hydrogens (tertiary/aromatic N) is 3. The number of nitrogens with two attached hydrogens (primary N) is 1. The summed E-state index contributed by atoms with van der Waals surface area (Å²) in [4.78, 5) is 13.9. The second-order valence-electron chi connectivity index (χ2n) is 7.46. The van der Waals surface area contributed by atoms with Crippen molar-refractivity contribution in [1.82, 2.24) is 0 Å². The molecule has 0 aliphatic carbocycles. The number of aliphatic imine (C=N–C) groups is 3. The molecule has 0 spiro atoms. The maximum absolute atomic E-state index is 6.25. The van der Waals surface area contributed by atoms with E-state index < -0.39 is 0 Å². The van der Waals surface area contributed by atoms with Gasteiger partial charge in [-0.15, -0.1) is 0 Å². The van der Waals surface area contributed by atoms with Gasteiger partial charge in [-0.25, -0.2) is 4.99 Å². The van der Waals surface area contributed by atoms with Crippen molar-refractivity contribution in [3.05, 3.63) is 120 Å². The highest BCUT2D eigenvalue weighted by molar-refractivity contribution is 6.07. The van der Waals surface area contributed by atoms with E-state index in [1.807, 2.05) is 54.8 Å². The van der Waals surface area contributed by atoms with E-state index in [2.05, 4.69) is 66.8 Å². The lowest BCUT2D eigenvalue weighted by Gasteiger charge is -2.04.